The van der Waals surface area contributed by atoms with Crippen molar-refractivity contribution in [3.63, 3.8) is 0 Å². The molecule has 0 saturated carbocycles. The molecule has 3 aromatic rings. The van der Waals surface area contributed by atoms with Crippen molar-refractivity contribution in [1.82, 2.24) is 0 Å². The maximum absolute atomic E-state index is 6.16. The van der Waals surface area contributed by atoms with Gasteiger partial charge in [-0.1, -0.05) is 82.8 Å². The maximum atomic E-state index is 6.16. The zero-order valence-corrected chi connectivity index (χ0v) is 18.8. The molecule has 1 fully saturated rings. The third-order valence-corrected chi connectivity index (χ3v) is 6.41. The number of hydrogen-bond acceptors (Lipinski definition) is 3. The lowest BCUT2D eigenvalue weighted by atomic mass is 9.86. The molecule has 29 heavy (non-hydrogen) atoms. The Bertz CT molecular complexity index is 1010. The molecule has 1 heterocycles. The predicted octanol–water partition coefficient (Wildman–Crippen LogP) is 7.36. The van der Waals surface area contributed by atoms with E-state index in [0.29, 0.717) is 13.2 Å². The summed E-state index contributed by atoms with van der Waals surface area (Å²) in [5, 5.41) is 2.53. The number of hydrogen-bond donors (Lipinski definition) is 0. The Balaban J connectivity index is 1.69. The minimum atomic E-state index is -0.312. The molecule has 0 atom stereocenters. The molecule has 0 aromatic heterocycles. The second-order valence-electron chi connectivity index (χ2n) is 9.73. The Labute approximate surface area is 178 Å². The van der Waals surface area contributed by atoms with E-state index in [2.05, 4.69) is 95.3 Å². The summed E-state index contributed by atoms with van der Waals surface area (Å²) >= 11 is 1.78. The first-order valence-electron chi connectivity index (χ1n) is 10.3. The SMILES string of the molecule is CC1(C)COC(c2cc(C(C)(C)C)ccc2Sc2ccc3ccccc3c2)OC1. The molecule has 1 aliphatic rings. The summed E-state index contributed by atoms with van der Waals surface area (Å²) in [5.74, 6) is 0. The highest BCUT2D eigenvalue weighted by Crippen LogP contribution is 2.40. The van der Waals surface area contributed by atoms with Gasteiger partial charge in [0.05, 0.1) is 13.2 Å². The monoisotopic (exact) mass is 406 g/mol. The lowest BCUT2D eigenvalue weighted by Gasteiger charge is -2.35. The van der Waals surface area contributed by atoms with Gasteiger partial charge >= 0.3 is 0 Å². The van der Waals surface area contributed by atoms with Gasteiger partial charge in [-0.05, 0) is 46.0 Å². The maximum Gasteiger partial charge on any atom is 0.184 e. The van der Waals surface area contributed by atoms with Crippen LogP contribution in [0, 0.1) is 5.41 Å². The molecule has 3 heteroatoms. The van der Waals surface area contributed by atoms with Crippen LogP contribution in [0.15, 0.2) is 70.5 Å². The first-order valence-corrected chi connectivity index (χ1v) is 11.1. The van der Waals surface area contributed by atoms with Crippen LogP contribution in [0.5, 0.6) is 0 Å². The van der Waals surface area contributed by atoms with E-state index in [1.807, 2.05) is 0 Å². The van der Waals surface area contributed by atoms with Gasteiger partial charge in [0.1, 0.15) is 0 Å². The van der Waals surface area contributed by atoms with E-state index in [0.717, 1.165) is 5.56 Å². The summed E-state index contributed by atoms with van der Waals surface area (Å²) in [5.41, 5.74) is 2.57. The molecule has 1 aliphatic heterocycles. The third kappa shape index (κ3) is 4.69. The van der Waals surface area contributed by atoms with E-state index >= 15 is 0 Å². The Hall–Kier alpha value is -1.81. The van der Waals surface area contributed by atoms with Gasteiger partial charge in [-0.2, -0.15) is 0 Å². The van der Waals surface area contributed by atoms with E-state index in [-0.39, 0.29) is 17.1 Å². The highest BCUT2D eigenvalue weighted by Gasteiger charge is 2.31. The van der Waals surface area contributed by atoms with Gasteiger partial charge in [0, 0.05) is 20.8 Å². The zero-order chi connectivity index (χ0) is 20.6. The molecule has 0 unspecified atom stereocenters. The predicted molar refractivity (Wildman–Crippen MR) is 122 cm³/mol. The van der Waals surface area contributed by atoms with Gasteiger partial charge < -0.3 is 9.47 Å². The molecule has 0 aliphatic carbocycles. The van der Waals surface area contributed by atoms with E-state index in [1.54, 1.807) is 11.8 Å². The van der Waals surface area contributed by atoms with Crippen LogP contribution in [0.2, 0.25) is 0 Å². The summed E-state index contributed by atoms with van der Waals surface area (Å²) in [6.45, 7) is 12.5. The zero-order valence-electron chi connectivity index (χ0n) is 18.0. The summed E-state index contributed by atoms with van der Waals surface area (Å²) in [6, 6.07) is 21.9. The second-order valence-corrected chi connectivity index (χ2v) is 10.8. The first-order chi connectivity index (χ1) is 13.7. The molecule has 0 N–H and O–H groups in total. The summed E-state index contributed by atoms with van der Waals surface area (Å²) < 4.78 is 12.3. The van der Waals surface area contributed by atoms with E-state index < -0.39 is 0 Å². The van der Waals surface area contributed by atoms with Gasteiger partial charge in [-0.25, -0.2) is 0 Å². The Morgan fingerprint density at radius 2 is 1.55 bits per heavy atom. The Morgan fingerprint density at radius 1 is 0.862 bits per heavy atom. The number of rotatable bonds is 3. The minimum absolute atomic E-state index is 0.0593. The van der Waals surface area contributed by atoms with Crippen LogP contribution in [-0.4, -0.2) is 13.2 Å². The Kier molecular flexibility index (Phi) is 5.50. The lowest BCUT2D eigenvalue weighted by Crippen LogP contribution is -2.34. The molecule has 152 valence electrons. The summed E-state index contributed by atoms with van der Waals surface area (Å²) in [4.78, 5) is 2.42. The van der Waals surface area contributed by atoms with Crippen LogP contribution in [0.1, 0.15) is 52.0 Å². The average molecular weight is 407 g/mol. The smallest absolute Gasteiger partial charge is 0.184 e. The molecule has 4 rings (SSSR count). The second kappa shape index (κ2) is 7.79. The van der Waals surface area contributed by atoms with Gasteiger partial charge in [-0.3, -0.25) is 0 Å². The van der Waals surface area contributed by atoms with E-state index in [4.69, 9.17) is 9.47 Å². The van der Waals surface area contributed by atoms with Crippen molar-refractivity contribution in [2.45, 2.75) is 56.1 Å². The molecule has 0 radical (unpaired) electrons. The Morgan fingerprint density at radius 3 is 2.24 bits per heavy atom. The topological polar surface area (TPSA) is 18.5 Å². The van der Waals surface area contributed by atoms with Gasteiger partial charge in [0.15, 0.2) is 6.29 Å². The van der Waals surface area contributed by atoms with Crippen LogP contribution < -0.4 is 0 Å². The van der Waals surface area contributed by atoms with Crippen molar-refractivity contribution in [3.8, 4) is 0 Å². The number of benzene rings is 3. The molecular weight excluding hydrogens is 376 g/mol. The standard InChI is InChI=1S/C26H30O2S/c1-25(2,3)20-11-13-23(22(15-20)24-27-16-26(4,5)17-28-24)29-21-12-10-18-8-6-7-9-19(18)14-21/h6-15,24H,16-17H2,1-5H3. The number of ether oxygens (including phenoxy) is 2. The van der Waals surface area contributed by atoms with Crippen LogP contribution >= 0.6 is 11.8 Å². The van der Waals surface area contributed by atoms with Crippen LogP contribution in [0.4, 0.5) is 0 Å². The largest absolute Gasteiger partial charge is 0.348 e. The highest BCUT2D eigenvalue weighted by molar-refractivity contribution is 7.99. The molecule has 2 nitrogen and oxygen atoms in total. The normalized spacial score (nSPS) is 17.6. The van der Waals surface area contributed by atoms with Crippen molar-refractivity contribution < 1.29 is 9.47 Å². The fraction of sp³-hybridized carbons (Fsp3) is 0.385. The van der Waals surface area contributed by atoms with Crippen LogP contribution in [0.25, 0.3) is 10.8 Å². The van der Waals surface area contributed by atoms with Crippen molar-refractivity contribution in [1.29, 1.82) is 0 Å². The van der Waals surface area contributed by atoms with Crippen LogP contribution in [-0.2, 0) is 14.9 Å². The molecule has 1 saturated heterocycles. The van der Waals surface area contributed by atoms with Crippen molar-refractivity contribution in [2.24, 2.45) is 5.41 Å². The molecule has 0 amide bonds. The summed E-state index contributed by atoms with van der Waals surface area (Å²) in [6.07, 6.45) is -0.312. The first kappa shape index (κ1) is 20.5. The van der Waals surface area contributed by atoms with Crippen molar-refractivity contribution in [2.75, 3.05) is 13.2 Å². The van der Waals surface area contributed by atoms with Crippen LogP contribution in [0.3, 0.4) is 0 Å². The van der Waals surface area contributed by atoms with Gasteiger partial charge in [0.2, 0.25) is 0 Å². The van der Waals surface area contributed by atoms with Gasteiger partial charge in [0.25, 0.3) is 0 Å². The fourth-order valence-electron chi connectivity index (χ4n) is 3.52. The van der Waals surface area contributed by atoms with Crippen molar-refractivity contribution >= 4 is 22.5 Å². The molecule has 3 aromatic carbocycles. The number of fused-ring (bicyclic) bond motifs is 1. The minimum Gasteiger partial charge on any atom is -0.348 e. The fourth-order valence-corrected chi connectivity index (χ4v) is 4.51. The third-order valence-electron chi connectivity index (χ3n) is 5.33. The molecular formula is C26H30O2S. The van der Waals surface area contributed by atoms with Crippen molar-refractivity contribution in [3.05, 3.63) is 71.8 Å². The average Bonchev–Trinajstić information content (AvgIpc) is 2.67. The van der Waals surface area contributed by atoms with Gasteiger partial charge in [-0.15, -0.1) is 0 Å². The lowest BCUT2D eigenvalue weighted by molar-refractivity contribution is -0.227. The molecule has 0 spiro atoms. The van der Waals surface area contributed by atoms with E-state index in [1.165, 1.54) is 26.1 Å². The highest BCUT2D eigenvalue weighted by atomic mass is 32.2. The van der Waals surface area contributed by atoms with E-state index in [9.17, 15) is 0 Å². The summed E-state index contributed by atoms with van der Waals surface area (Å²) in [7, 11) is 0. The molecule has 0 bridgehead atoms. The quantitative estimate of drug-likeness (QED) is 0.453.